The van der Waals surface area contributed by atoms with Crippen LogP contribution in [0.2, 0.25) is 5.02 Å². The molecule has 0 saturated carbocycles. The highest BCUT2D eigenvalue weighted by Crippen LogP contribution is 2.36. The van der Waals surface area contributed by atoms with Gasteiger partial charge < -0.3 is 24.3 Å². The number of carbonyl (C=O) groups excluding carboxylic acids is 2. The highest BCUT2D eigenvalue weighted by molar-refractivity contribution is 9.10. The SMILES string of the molecule is COc1cc(C(=O)N/N=C/c2cc(Br)c(OCC(=O)Nc3ccc(Cl)cc3)c(OC)c2)ccc1OCc1ccccc1. The maximum Gasteiger partial charge on any atom is 0.271 e. The Bertz CT molecular complexity index is 1570. The van der Waals surface area contributed by atoms with Crippen LogP contribution in [0.4, 0.5) is 5.69 Å². The Morgan fingerprint density at radius 2 is 1.62 bits per heavy atom. The lowest BCUT2D eigenvalue weighted by Gasteiger charge is -2.13. The summed E-state index contributed by atoms with van der Waals surface area (Å²) in [7, 11) is 2.99. The summed E-state index contributed by atoms with van der Waals surface area (Å²) in [6.45, 7) is 0.118. The standard InChI is InChI=1S/C31H27BrClN3O6/c1-39-27-16-22(8-13-26(27)41-18-20-6-4-3-5-7-20)31(38)36-34-17-21-14-25(32)30(28(15-21)40-2)42-19-29(37)35-24-11-9-23(33)10-12-24/h3-17H,18-19H2,1-2H3,(H,35,37)(H,36,38)/b34-17+. The number of benzene rings is 4. The van der Waals surface area contributed by atoms with E-state index in [1.165, 1.54) is 20.4 Å². The van der Waals surface area contributed by atoms with E-state index in [1.54, 1.807) is 54.6 Å². The van der Waals surface area contributed by atoms with Gasteiger partial charge in [0.25, 0.3) is 11.8 Å². The Labute approximate surface area is 256 Å². The number of hydrogen-bond donors (Lipinski definition) is 2. The molecule has 0 aromatic heterocycles. The quantitative estimate of drug-likeness (QED) is 0.134. The molecule has 42 heavy (non-hydrogen) atoms. The summed E-state index contributed by atoms with van der Waals surface area (Å²) in [6, 6.07) is 24.7. The predicted molar refractivity (Wildman–Crippen MR) is 165 cm³/mol. The highest BCUT2D eigenvalue weighted by Gasteiger charge is 2.14. The van der Waals surface area contributed by atoms with Crippen molar-refractivity contribution in [3.8, 4) is 23.0 Å². The average Bonchev–Trinajstić information content (AvgIpc) is 3.00. The summed E-state index contributed by atoms with van der Waals surface area (Å²) >= 11 is 9.32. The number of nitrogens with one attached hydrogen (secondary N) is 2. The third-order valence-electron chi connectivity index (χ3n) is 5.77. The van der Waals surface area contributed by atoms with Crippen molar-refractivity contribution in [2.24, 2.45) is 5.10 Å². The van der Waals surface area contributed by atoms with Crippen LogP contribution in [0.15, 0.2) is 94.5 Å². The second-order valence-corrected chi connectivity index (χ2v) is 10.0. The number of ether oxygens (including phenoxy) is 4. The van der Waals surface area contributed by atoms with E-state index < -0.39 is 5.91 Å². The summed E-state index contributed by atoms with van der Waals surface area (Å²) in [4.78, 5) is 25.0. The number of halogens is 2. The van der Waals surface area contributed by atoms with Gasteiger partial charge >= 0.3 is 0 Å². The number of anilines is 1. The topological polar surface area (TPSA) is 107 Å². The second-order valence-electron chi connectivity index (χ2n) is 8.72. The van der Waals surface area contributed by atoms with E-state index in [4.69, 9.17) is 30.5 Å². The molecule has 11 heteroatoms. The summed E-state index contributed by atoms with van der Waals surface area (Å²) in [5, 5.41) is 7.36. The molecule has 0 spiro atoms. The number of methoxy groups -OCH3 is 2. The van der Waals surface area contributed by atoms with Gasteiger partial charge in [-0.3, -0.25) is 9.59 Å². The van der Waals surface area contributed by atoms with Crippen molar-refractivity contribution in [2.75, 3.05) is 26.1 Å². The van der Waals surface area contributed by atoms with Crippen LogP contribution in [-0.2, 0) is 11.4 Å². The second kappa shape index (κ2) is 14.9. The minimum Gasteiger partial charge on any atom is -0.493 e. The predicted octanol–water partition coefficient (Wildman–Crippen LogP) is 6.48. The van der Waals surface area contributed by atoms with Gasteiger partial charge in [-0.25, -0.2) is 5.43 Å². The number of nitrogens with zero attached hydrogens (tertiary/aromatic N) is 1. The van der Waals surface area contributed by atoms with Crippen molar-refractivity contribution < 1.29 is 28.5 Å². The van der Waals surface area contributed by atoms with Crippen LogP contribution in [0.5, 0.6) is 23.0 Å². The minimum atomic E-state index is -0.433. The van der Waals surface area contributed by atoms with E-state index in [0.717, 1.165) is 5.56 Å². The molecule has 0 saturated heterocycles. The van der Waals surface area contributed by atoms with Gasteiger partial charge in [0.2, 0.25) is 0 Å². The molecule has 4 rings (SSSR count). The van der Waals surface area contributed by atoms with E-state index in [9.17, 15) is 9.59 Å². The molecular formula is C31H27BrClN3O6. The molecule has 0 bridgehead atoms. The van der Waals surface area contributed by atoms with Crippen LogP contribution in [0.25, 0.3) is 0 Å². The van der Waals surface area contributed by atoms with Gasteiger partial charge in [-0.05, 0) is 81.7 Å². The monoisotopic (exact) mass is 651 g/mol. The van der Waals surface area contributed by atoms with Crippen LogP contribution in [0, 0.1) is 0 Å². The van der Waals surface area contributed by atoms with Crippen LogP contribution >= 0.6 is 27.5 Å². The molecule has 2 amide bonds. The molecule has 2 N–H and O–H groups in total. The van der Waals surface area contributed by atoms with Crippen molar-refractivity contribution in [3.63, 3.8) is 0 Å². The van der Waals surface area contributed by atoms with Crippen molar-refractivity contribution in [1.29, 1.82) is 0 Å². The molecule has 0 aliphatic heterocycles. The van der Waals surface area contributed by atoms with E-state index >= 15 is 0 Å². The third-order valence-corrected chi connectivity index (χ3v) is 6.61. The zero-order chi connectivity index (χ0) is 29.9. The van der Waals surface area contributed by atoms with Crippen LogP contribution in [0.1, 0.15) is 21.5 Å². The highest BCUT2D eigenvalue weighted by atomic mass is 79.9. The summed E-state index contributed by atoms with van der Waals surface area (Å²) < 4.78 is 22.9. The lowest BCUT2D eigenvalue weighted by atomic mass is 10.2. The first-order valence-corrected chi connectivity index (χ1v) is 13.8. The lowest BCUT2D eigenvalue weighted by molar-refractivity contribution is -0.118. The molecule has 0 aliphatic carbocycles. The number of carbonyl (C=O) groups is 2. The van der Waals surface area contributed by atoms with Crippen molar-refractivity contribution >= 4 is 51.2 Å². The van der Waals surface area contributed by atoms with Crippen LogP contribution in [-0.4, -0.2) is 38.9 Å². The summed E-state index contributed by atoms with van der Waals surface area (Å²) in [5.74, 6) is 0.861. The summed E-state index contributed by atoms with van der Waals surface area (Å²) in [5.41, 5.74) is 5.06. The molecule has 4 aromatic rings. The van der Waals surface area contributed by atoms with Gasteiger partial charge in [-0.2, -0.15) is 5.10 Å². The number of hydrazone groups is 1. The van der Waals surface area contributed by atoms with Gasteiger partial charge in [0.1, 0.15) is 6.61 Å². The molecule has 216 valence electrons. The normalized spacial score (nSPS) is 10.7. The van der Waals surface area contributed by atoms with Crippen LogP contribution in [0.3, 0.4) is 0 Å². The first kappa shape index (κ1) is 30.4. The molecule has 0 atom stereocenters. The molecule has 0 radical (unpaired) electrons. The first-order valence-electron chi connectivity index (χ1n) is 12.6. The van der Waals surface area contributed by atoms with Crippen molar-refractivity contribution in [2.45, 2.75) is 6.61 Å². The van der Waals surface area contributed by atoms with Gasteiger partial charge in [0, 0.05) is 16.3 Å². The Hall–Kier alpha value is -4.54. The third kappa shape index (κ3) is 8.48. The molecule has 0 unspecified atom stereocenters. The minimum absolute atomic E-state index is 0.249. The van der Waals surface area contributed by atoms with E-state index in [-0.39, 0.29) is 12.5 Å². The number of amides is 2. The Morgan fingerprint density at radius 1 is 0.881 bits per heavy atom. The molecule has 0 heterocycles. The average molecular weight is 653 g/mol. The lowest BCUT2D eigenvalue weighted by Crippen LogP contribution is -2.20. The molecule has 9 nitrogen and oxygen atoms in total. The first-order chi connectivity index (χ1) is 20.4. The smallest absolute Gasteiger partial charge is 0.271 e. The zero-order valence-corrected chi connectivity index (χ0v) is 25.1. The maximum atomic E-state index is 12.7. The van der Waals surface area contributed by atoms with Gasteiger partial charge in [0.05, 0.1) is 24.9 Å². The molecule has 4 aromatic carbocycles. The Morgan fingerprint density at radius 3 is 2.33 bits per heavy atom. The number of hydrogen-bond acceptors (Lipinski definition) is 7. The zero-order valence-electron chi connectivity index (χ0n) is 22.7. The molecule has 0 aliphatic rings. The van der Waals surface area contributed by atoms with Crippen molar-refractivity contribution in [3.05, 3.63) is 111 Å². The van der Waals surface area contributed by atoms with Crippen LogP contribution < -0.4 is 29.7 Å². The van der Waals surface area contributed by atoms with Gasteiger partial charge in [-0.1, -0.05) is 41.9 Å². The van der Waals surface area contributed by atoms with E-state index in [0.29, 0.717) is 55.9 Å². The van der Waals surface area contributed by atoms with E-state index in [2.05, 4.69) is 31.8 Å². The van der Waals surface area contributed by atoms with Gasteiger partial charge in [0.15, 0.2) is 29.6 Å². The fourth-order valence-electron chi connectivity index (χ4n) is 3.72. The van der Waals surface area contributed by atoms with Gasteiger partial charge in [-0.15, -0.1) is 0 Å². The Balaban J connectivity index is 1.35. The molecular weight excluding hydrogens is 626 g/mol. The fourth-order valence-corrected chi connectivity index (χ4v) is 4.42. The van der Waals surface area contributed by atoms with E-state index in [1.807, 2.05) is 30.3 Å². The largest absolute Gasteiger partial charge is 0.493 e. The summed E-state index contributed by atoms with van der Waals surface area (Å²) in [6.07, 6.45) is 1.46. The fraction of sp³-hybridized carbons (Fsp3) is 0.129. The maximum absolute atomic E-state index is 12.7. The van der Waals surface area contributed by atoms with Crippen molar-refractivity contribution in [1.82, 2.24) is 5.43 Å². The molecule has 0 fully saturated rings. The Kier molecular flexibility index (Phi) is 10.8. The number of rotatable bonds is 12.